The molecular formula is C15H23N3O2. The van der Waals surface area contributed by atoms with Crippen molar-refractivity contribution < 1.29 is 9.59 Å². The quantitative estimate of drug-likeness (QED) is 0.676. The Labute approximate surface area is 119 Å². The van der Waals surface area contributed by atoms with Gasteiger partial charge in [-0.3, -0.25) is 9.59 Å². The highest BCUT2D eigenvalue weighted by Gasteiger charge is 2.10. The van der Waals surface area contributed by atoms with Crippen LogP contribution in [0.3, 0.4) is 0 Å². The van der Waals surface area contributed by atoms with Crippen LogP contribution in [0.25, 0.3) is 0 Å². The molecule has 1 rings (SSSR count). The molecule has 2 amide bonds. The zero-order valence-electron chi connectivity index (χ0n) is 11.9. The summed E-state index contributed by atoms with van der Waals surface area (Å²) < 4.78 is 0. The van der Waals surface area contributed by atoms with Crippen molar-refractivity contribution in [2.24, 2.45) is 17.4 Å². The third kappa shape index (κ3) is 5.40. The number of hydrogen-bond acceptors (Lipinski definition) is 3. The van der Waals surface area contributed by atoms with E-state index in [1.165, 1.54) is 0 Å². The number of nitrogens with two attached hydrogens (primary N) is 2. The maximum Gasteiger partial charge on any atom is 0.248 e. The van der Waals surface area contributed by atoms with Crippen molar-refractivity contribution in [3.63, 3.8) is 0 Å². The van der Waals surface area contributed by atoms with E-state index < -0.39 is 5.91 Å². The molecule has 0 radical (unpaired) electrons. The largest absolute Gasteiger partial charge is 0.366 e. The van der Waals surface area contributed by atoms with E-state index in [0.717, 1.165) is 19.3 Å². The Morgan fingerprint density at radius 2 is 2.05 bits per heavy atom. The minimum Gasteiger partial charge on any atom is -0.366 e. The lowest BCUT2D eigenvalue weighted by atomic mass is 9.96. The maximum absolute atomic E-state index is 11.9. The van der Waals surface area contributed by atoms with E-state index in [1.54, 1.807) is 24.3 Å². The van der Waals surface area contributed by atoms with Gasteiger partial charge >= 0.3 is 0 Å². The maximum atomic E-state index is 11.9. The zero-order chi connectivity index (χ0) is 15.0. The second-order valence-electron chi connectivity index (χ2n) is 4.88. The lowest BCUT2D eigenvalue weighted by molar-refractivity contribution is -0.116. The van der Waals surface area contributed by atoms with Gasteiger partial charge in [0.1, 0.15) is 0 Å². The molecule has 0 aliphatic rings. The number of amides is 2. The molecule has 110 valence electrons. The highest BCUT2D eigenvalue weighted by atomic mass is 16.2. The van der Waals surface area contributed by atoms with Crippen molar-refractivity contribution in [3.8, 4) is 0 Å². The van der Waals surface area contributed by atoms with Crippen molar-refractivity contribution in [2.45, 2.75) is 32.6 Å². The fraction of sp³-hybridized carbons (Fsp3) is 0.467. The molecular weight excluding hydrogens is 254 g/mol. The molecule has 1 unspecified atom stereocenters. The summed E-state index contributed by atoms with van der Waals surface area (Å²) in [5, 5.41) is 2.78. The highest BCUT2D eigenvalue weighted by Crippen LogP contribution is 2.16. The van der Waals surface area contributed by atoms with Gasteiger partial charge in [-0.2, -0.15) is 0 Å². The standard InChI is InChI=1S/C15H23N3O2/c1-2-11(8-9-16)6-7-14(19)18-13-5-3-4-12(10-13)15(17)20/h3-5,10-11H,2,6-9,16H2,1H3,(H2,17,20)(H,18,19). The van der Waals surface area contributed by atoms with E-state index in [4.69, 9.17) is 11.5 Å². The fourth-order valence-corrected chi connectivity index (χ4v) is 2.10. The molecule has 0 bridgehead atoms. The van der Waals surface area contributed by atoms with E-state index in [2.05, 4.69) is 12.2 Å². The summed E-state index contributed by atoms with van der Waals surface area (Å²) in [4.78, 5) is 22.9. The predicted octanol–water partition coefficient (Wildman–Crippen LogP) is 1.88. The Bertz CT molecular complexity index is 460. The van der Waals surface area contributed by atoms with Gasteiger partial charge in [-0.1, -0.05) is 19.4 Å². The van der Waals surface area contributed by atoms with E-state index in [-0.39, 0.29) is 5.91 Å². The summed E-state index contributed by atoms with van der Waals surface area (Å²) in [6.07, 6.45) is 3.26. The SMILES string of the molecule is CCC(CCN)CCC(=O)Nc1cccc(C(N)=O)c1. The lowest BCUT2D eigenvalue weighted by Crippen LogP contribution is -2.16. The molecule has 5 nitrogen and oxygen atoms in total. The number of hydrogen-bond donors (Lipinski definition) is 3. The van der Waals surface area contributed by atoms with E-state index >= 15 is 0 Å². The van der Waals surface area contributed by atoms with Crippen LogP contribution in [0, 0.1) is 5.92 Å². The van der Waals surface area contributed by atoms with Crippen LogP contribution in [-0.2, 0) is 4.79 Å². The van der Waals surface area contributed by atoms with Crippen LogP contribution in [0.1, 0.15) is 43.0 Å². The summed E-state index contributed by atoms with van der Waals surface area (Å²) in [5.74, 6) is -0.0695. The number of carbonyl (C=O) groups is 2. The molecule has 1 atom stereocenters. The second-order valence-corrected chi connectivity index (χ2v) is 4.88. The summed E-state index contributed by atoms with van der Waals surface area (Å²) in [5.41, 5.74) is 11.7. The van der Waals surface area contributed by atoms with Crippen LogP contribution in [0.5, 0.6) is 0 Å². The number of rotatable bonds is 8. The van der Waals surface area contributed by atoms with Crippen LogP contribution in [0.15, 0.2) is 24.3 Å². The molecule has 0 spiro atoms. The van der Waals surface area contributed by atoms with Gasteiger partial charge in [0.25, 0.3) is 0 Å². The normalized spacial score (nSPS) is 11.9. The Morgan fingerprint density at radius 3 is 2.65 bits per heavy atom. The first-order chi connectivity index (χ1) is 9.56. The third-order valence-electron chi connectivity index (χ3n) is 3.36. The molecule has 20 heavy (non-hydrogen) atoms. The van der Waals surface area contributed by atoms with Gasteiger partial charge in [0, 0.05) is 17.7 Å². The Hall–Kier alpha value is -1.88. The van der Waals surface area contributed by atoms with E-state index in [1.807, 2.05) is 0 Å². The van der Waals surface area contributed by atoms with Crippen LogP contribution in [-0.4, -0.2) is 18.4 Å². The molecule has 0 fully saturated rings. The first-order valence-corrected chi connectivity index (χ1v) is 6.96. The van der Waals surface area contributed by atoms with Crippen molar-refractivity contribution in [1.82, 2.24) is 0 Å². The number of anilines is 1. The molecule has 0 saturated heterocycles. The average molecular weight is 277 g/mol. The van der Waals surface area contributed by atoms with Gasteiger partial charge in [-0.15, -0.1) is 0 Å². The minimum atomic E-state index is -0.505. The molecule has 0 aliphatic heterocycles. The molecule has 1 aromatic rings. The molecule has 1 aromatic carbocycles. The number of carbonyl (C=O) groups excluding carboxylic acids is 2. The van der Waals surface area contributed by atoms with Gasteiger partial charge in [0.2, 0.25) is 11.8 Å². The van der Waals surface area contributed by atoms with Gasteiger partial charge in [0.15, 0.2) is 0 Å². The Kier molecular flexibility index (Phi) is 6.73. The number of nitrogens with one attached hydrogen (secondary N) is 1. The summed E-state index contributed by atoms with van der Waals surface area (Å²) >= 11 is 0. The van der Waals surface area contributed by atoms with Crippen LogP contribution >= 0.6 is 0 Å². The summed E-state index contributed by atoms with van der Waals surface area (Å²) in [6, 6.07) is 6.63. The number of benzene rings is 1. The van der Waals surface area contributed by atoms with Crippen molar-refractivity contribution in [3.05, 3.63) is 29.8 Å². The lowest BCUT2D eigenvalue weighted by Gasteiger charge is -2.13. The van der Waals surface area contributed by atoms with Crippen LogP contribution < -0.4 is 16.8 Å². The van der Waals surface area contributed by atoms with Gasteiger partial charge < -0.3 is 16.8 Å². The van der Waals surface area contributed by atoms with Crippen molar-refractivity contribution in [1.29, 1.82) is 0 Å². The average Bonchev–Trinajstić information content (AvgIpc) is 2.43. The number of primary amides is 1. The van der Waals surface area contributed by atoms with Crippen molar-refractivity contribution in [2.75, 3.05) is 11.9 Å². The molecule has 0 aromatic heterocycles. The highest BCUT2D eigenvalue weighted by molar-refractivity contribution is 5.96. The van der Waals surface area contributed by atoms with Gasteiger partial charge in [-0.05, 0) is 43.5 Å². The topological polar surface area (TPSA) is 98.2 Å². The minimum absolute atomic E-state index is 0.0536. The predicted molar refractivity (Wildman–Crippen MR) is 80.3 cm³/mol. The van der Waals surface area contributed by atoms with Gasteiger partial charge in [0.05, 0.1) is 0 Å². The van der Waals surface area contributed by atoms with Crippen molar-refractivity contribution >= 4 is 17.5 Å². The molecule has 5 heteroatoms. The van der Waals surface area contributed by atoms with E-state index in [0.29, 0.717) is 30.1 Å². The molecule has 0 saturated carbocycles. The monoisotopic (exact) mass is 277 g/mol. The fourth-order valence-electron chi connectivity index (χ4n) is 2.10. The third-order valence-corrected chi connectivity index (χ3v) is 3.36. The molecule has 0 heterocycles. The Morgan fingerprint density at radius 1 is 1.30 bits per heavy atom. The summed E-state index contributed by atoms with van der Waals surface area (Å²) in [7, 11) is 0. The van der Waals surface area contributed by atoms with Crippen LogP contribution in [0.4, 0.5) is 5.69 Å². The van der Waals surface area contributed by atoms with Gasteiger partial charge in [-0.25, -0.2) is 0 Å². The first kappa shape index (κ1) is 16.2. The molecule has 0 aliphatic carbocycles. The smallest absolute Gasteiger partial charge is 0.248 e. The zero-order valence-corrected chi connectivity index (χ0v) is 11.9. The first-order valence-electron chi connectivity index (χ1n) is 6.96. The second kappa shape index (κ2) is 8.32. The Balaban J connectivity index is 2.49. The summed E-state index contributed by atoms with van der Waals surface area (Å²) in [6.45, 7) is 2.76. The van der Waals surface area contributed by atoms with Crippen LogP contribution in [0.2, 0.25) is 0 Å². The molecule has 5 N–H and O–H groups in total. The van der Waals surface area contributed by atoms with E-state index in [9.17, 15) is 9.59 Å².